The van der Waals surface area contributed by atoms with Gasteiger partial charge in [0.05, 0.1) is 6.10 Å². The Balaban J connectivity index is 3.77. The molecule has 0 rings (SSSR count). The second-order valence-corrected chi connectivity index (χ2v) is 3.81. The number of aliphatic hydroxyl groups is 2. The van der Waals surface area contributed by atoms with E-state index in [0.717, 1.165) is 19.3 Å². The fourth-order valence-corrected chi connectivity index (χ4v) is 1.41. The highest BCUT2D eigenvalue weighted by atomic mass is 16.3. The molecule has 0 aliphatic rings. The molecule has 2 atom stereocenters. The maximum Gasteiger partial charge on any atom is 0.0540 e. The minimum Gasteiger partial charge on any atom is -0.396 e. The van der Waals surface area contributed by atoms with E-state index in [2.05, 4.69) is 13.8 Å². The van der Waals surface area contributed by atoms with Gasteiger partial charge in [0, 0.05) is 6.61 Å². The van der Waals surface area contributed by atoms with Gasteiger partial charge in [0.15, 0.2) is 0 Å². The maximum absolute atomic E-state index is 9.42. The van der Waals surface area contributed by atoms with Gasteiger partial charge in [-0.15, -0.1) is 0 Å². The van der Waals surface area contributed by atoms with Crippen LogP contribution in [-0.2, 0) is 0 Å². The van der Waals surface area contributed by atoms with Crippen LogP contribution in [0.4, 0.5) is 0 Å². The molecule has 74 valence electrons. The van der Waals surface area contributed by atoms with Gasteiger partial charge in [-0.25, -0.2) is 0 Å². The Morgan fingerprint density at radius 3 is 2.17 bits per heavy atom. The predicted molar refractivity (Wildman–Crippen MR) is 50.9 cm³/mol. The summed E-state index contributed by atoms with van der Waals surface area (Å²) in [7, 11) is 0. The Morgan fingerprint density at radius 1 is 1.25 bits per heavy atom. The quantitative estimate of drug-likeness (QED) is 0.644. The molecule has 0 aromatic carbocycles. The van der Waals surface area contributed by atoms with E-state index in [0.29, 0.717) is 11.8 Å². The average Bonchev–Trinajstić information content (AvgIpc) is 2.03. The molecule has 0 saturated carbocycles. The minimum atomic E-state index is -0.191. The second-order valence-electron chi connectivity index (χ2n) is 3.81. The van der Waals surface area contributed by atoms with Crippen molar-refractivity contribution in [2.24, 2.45) is 11.8 Å². The van der Waals surface area contributed by atoms with Crippen molar-refractivity contribution >= 4 is 0 Å². The summed E-state index contributed by atoms with van der Waals surface area (Å²) in [5.41, 5.74) is 0. The Morgan fingerprint density at radius 2 is 1.83 bits per heavy atom. The van der Waals surface area contributed by atoms with Crippen LogP contribution in [0.25, 0.3) is 0 Å². The molecule has 0 amide bonds. The molecule has 12 heavy (non-hydrogen) atoms. The first-order chi connectivity index (χ1) is 5.61. The van der Waals surface area contributed by atoms with Crippen molar-refractivity contribution in [1.29, 1.82) is 0 Å². The lowest BCUT2D eigenvalue weighted by molar-refractivity contribution is 0.112. The van der Waals surface area contributed by atoms with Crippen molar-refractivity contribution in [2.75, 3.05) is 6.61 Å². The summed E-state index contributed by atoms with van der Waals surface area (Å²) < 4.78 is 0. The van der Waals surface area contributed by atoms with Gasteiger partial charge < -0.3 is 10.2 Å². The van der Waals surface area contributed by atoms with Crippen LogP contribution in [0.1, 0.15) is 40.0 Å². The van der Waals surface area contributed by atoms with Gasteiger partial charge in [-0.3, -0.25) is 0 Å². The molecule has 0 fully saturated rings. The van der Waals surface area contributed by atoms with Crippen LogP contribution in [-0.4, -0.2) is 22.9 Å². The van der Waals surface area contributed by atoms with Crippen LogP contribution >= 0.6 is 0 Å². The van der Waals surface area contributed by atoms with Crippen LogP contribution < -0.4 is 0 Å². The monoisotopic (exact) mass is 174 g/mol. The Hall–Kier alpha value is -0.0800. The van der Waals surface area contributed by atoms with E-state index in [-0.39, 0.29) is 12.7 Å². The first-order valence-corrected chi connectivity index (χ1v) is 4.90. The summed E-state index contributed by atoms with van der Waals surface area (Å²) in [5.74, 6) is 1.02. The Kier molecular flexibility index (Phi) is 6.39. The molecule has 2 heteroatoms. The first-order valence-electron chi connectivity index (χ1n) is 4.90. The molecule has 2 nitrogen and oxygen atoms in total. The van der Waals surface area contributed by atoms with E-state index < -0.39 is 0 Å². The zero-order valence-corrected chi connectivity index (χ0v) is 8.45. The third kappa shape index (κ3) is 4.73. The zero-order chi connectivity index (χ0) is 9.56. The van der Waals surface area contributed by atoms with Crippen molar-refractivity contribution in [3.8, 4) is 0 Å². The smallest absolute Gasteiger partial charge is 0.0540 e. The summed E-state index contributed by atoms with van der Waals surface area (Å²) in [6.07, 6.45) is 2.27. The summed E-state index contributed by atoms with van der Waals surface area (Å²) in [6, 6.07) is 0. The van der Waals surface area contributed by atoms with E-state index >= 15 is 0 Å². The van der Waals surface area contributed by atoms with Crippen molar-refractivity contribution in [2.45, 2.75) is 46.1 Å². The van der Waals surface area contributed by atoms with Gasteiger partial charge in [0.25, 0.3) is 0 Å². The van der Waals surface area contributed by atoms with Gasteiger partial charge in [0.1, 0.15) is 0 Å². The lowest BCUT2D eigenvalue weighted by atomic mass is 9.87. The molecular weight excluding hydrogens is 152 g/mol. The molecular formula is C10H22O2. The number of aliphatic hydroxyl groups excluding tert-OH is 2. The molecule has 2 unspecified atom stereocenters. The SMILES string of the molecule is CCC(O)CC(CCO)C(C)C. The van der Waals surface area contributed by atoms with Crippen LogP contribution in [0.5, 0.6) is 0 Å². The number of hydrogen-bond acceptors (Lipinski definition) is 2. The lowest BCUT2D eigenvalue weighted by Crippen LogP contribution is -2.18. The van der Waals surface area contributed by atoms with E-state index in [1.165, 1.54) is 0 Å². The predicted octanol–water partition coefficient (Wildman–Crippen LogP) is 1.80. The van der Waals surface area contributed by atoms with Crippen LogP contribution in [0, 0.1) is 11.8 Å². The van der Waals surface area contributed by atoms with E-state index in [4.69, 9.17) is 5.11 Å². The highest BCUT2D eigenvalue weighted by Gasteiger charge is 2.16. The minimum absolute atomic E-state index is 0.191. The van der Waals surface area contributed by atoms with Crippen LogP contribution in [0.2, 0.25) is 0 Å². The van der Waals surface area contributed by atoms with E-state index in [9.17, 15) is 5.11 Å². The molecule has 0 spiro atoms. The first kappa shape index (κ1) is 11.9. The van der Waals surface area contributed by atoms with Gasteiger partial charge in [0.2, 0.25) is 0 Å². The standard InChI is InChI=1S/C10H22O2/c1-4-10(12)7-9(5-6-11)8(2)3/h8-12H,4-7H2,1-3H3. The molecule has 0 aliphatic carbocycles. The molecule has 2 N–H and O–H groups in total. The third-order valence-electron chi connectivity index (χ3n) is 2.49. The van der Waals surface area contributed by atoms with Crippen LogP contribution in [0.15, 0.2) is 0 Å². The molecule has 0 aromatic heterocycles. The van der Waals surface area contributed by atoms with Crippen molar-refractivity contribution in [3.63, 3.8) is 0 Å². The third-order valence-corrected chi connectivity index (χ3v) is 2.49. The normalized spacial score (nSPS) is 16.5. The molecule has 0 radical (unpaired) electrons. The summed E-state index contributed by atoms with van der Waals surface area (Å²) in [6.45, 7) is 6.51. The van der Waals surface area contributed by atoms with E-state index in [1.807, 2.05) is 6.92 Å². The average molecular weight is 174 g/mol. The second kappa shape index (κ2) is 6.44. The number of hydrogen-bond donors (Lipinski definition) is 2. The zero-order valence-electron chi connectivity index (χ0n) is 8.45. The Labute approximate surface area is 75.6 Å². The summed E-state index contributed by atoms with van der Waals surface area (Å²) in [4.78, 5) is 0. The van der Waals surface area contributed by atoms with Gasteiger partial charge in [-0.05, 0) is 31.1 Å². The van der Waals surface area contributed by atoms with Gasteiger partial charge in [-0.1, -0.05) is 20.8 Å². The fraction of sp³-hybridized carbons (Fsp3) is 1.00. The molecule has 0 aliphatic heterocycles. The highest BCUT2D eigenvalue weighted by molar-refractivity contribution is 4.67. The van der Waals surface area contributed by atoms with Crippen LogP contribution in [0.3, 0.4) is 0 Å². The molecule has 0 aromatic rings. The maximum atomic E-state index is 9.42. The fourth-order valence-electron chi connectivity index (χ4n) is 1.41. The molecule has 0 saturated heterocycles. The lowest BCUT2D eigenvalue weighted by Gasteiger charge is -2.22. The van der Waals surface area contributed by atoms with Gasteiger partial charge in [-0.2, -0.15) is 0 Å². The number of rotatable bonds is 6. The largest absolute Gasteiger partial charge is 0.396 e. The van der Waals surface area contributed by atoms with Crippen molar-refractivity contribution in [3.05, 3.63) is 0 Å². The molecule has 0 bridgehead atoms. The van der Waals surface area contributed by atoms with E-state index in [1.54, 1.807) is 0 Å². The summed E-state index contributed by atoms with van der Waals surface area (Å²) >= 11 is 0. The highest BCUT2D eigenvalue weighted by Crippen LogP contribution is 2.21. The summed E-state index contributed by atoms with van der Waals surface area (Å²) in [5, 5.41) is 18.2. The van der Waals surface area contributed by atoms with Crippen molar-refractivity contribution < 1.29 is 10.2 Å². The van der Waals surface area contributed by atoms with Crippen molar-refractivity contribution in [1.82, 2.24) is 0 Å². The topological polar surface area (TPSA) is 40.5 Å². The van der Waals surface area contributed by atoms with Gasteiger partial charge >= 0.3 is 0 Å². The Bertz CT molecular complexity index is 102. The molecule has 0 heterocycles.